The molecule has 1 aromatic heterocycles. The van der Waals surface area contributed by atoms with Crippen LogP contribution in [-0.4, -0.2) is 52.2 Å². The van der Waals surface area contributed by atoms with Crippen LogP contribution in [0.3, 0.4) is 0 Å². The van der Waals surface area contributed by atoms with Gasteiger partial charge in [-0.2, -0.15) is 18.3 Å². The molecule has 0 radical (unpaired) electrons. The minimum absolute atomic E-state index is 0.0276. The first-order chi connectivity index (χ1) is 7.90. The van der Waals surface area contributed by atoms with E-state index in [1.54, 1.807) is 24.1 Å². The third-order valence-electron chi connectivity index (χ3n) is 2.29. The largest absolute Gasteiger partial charge is 0.401 e. The van der Waals surface area contributed by atoms with Crippen molar-refractivity contribution in [2.24, 2.45) is 7.05 Å². The van der Waals surface area contributed by atoms with Gasteiger partial charge in [-0.25, -0.2) is 0 Å². The number of halogens is 3. The summed E-state index contributed by atoms with van der Waals surface area (Å²) in [6.45, 7) is -0.984. The Labute approximate surface area is 97.6 Å². The van der Waals surface area contributed by atoms with Crippen molar-refractivity contribution in [2.45, 2.75) is 12.6 Å². The zero-order chi connectivity index (χ0) is 12.9. The van der Waals surface area contributed by atoms with Gasteiger partial charge < -0.3 is 5.11 Å². The van der Waals surface area contributed by atoms with Gasteiger partial charge in [-0.05, 0) is 12.0 Å². The van der Waals surface area contributed by atoms with Crippen molar-refractivity contribution in [2.75, 3.05) is 26.2 Å². The van der Waals surface area contributed by atoms with E-state index in [1.807, 2.05) is 0 Å². The van der Waals surface area contributed by atoms with Crippen LogP contribution in [0.15, 0.2) is 12.4 Å². The van der Waals surface area contributed by atoms with Gasteiger partial charge in [0.25, 0.3) is 0 Å². The lowest BCUT2D eigenvalue weighted by atomic mass is 10.2. The number of rotatable bonds is 6. The van der Waals surface area contributed by atoms with Gasteiger partial charge in [0.1, 0.15) is 0 Å². The Balaban J connectivity index is 2.44. The summed E-state index contributed by atoms with van der Waals surface area (Å²) in [6, 6.07) is 0. The Kier molecular flexibility index (Phi) is 4.95. The molecule has 0 aliphatic carbocycles. The summed E-state index contributed by atoms with van der Waals surface area (Å²) in [7, 11) is 1.75. The van der Waals surface area contributed by atoms with Gasteiger partial charge in [0, 0.05) is 26.3 Å². The highest BCUT2D eigenvalue weighted by Crippen LogP contribution is 2.16. The number of aryl methyl sites for hydroxylation is 1. The van der Waals surface area contributed by atoms with E-state index in [0.717, 1.165) is 5.56 Å². The zero-order valence-corrected chi connectivity index (χ0v) is 9.61. The Bertz CT molecular complexity index is 338. The SMILES string of the molecule is Cn1cc(CCN(CCO)CC(F)(F)F)cn1. The molecule has 0 bridgehead atoms. The minimum Gasteiger partial charge on any atom is -0.395 e. The second kappa shape index (κ2) is 6.02. The molecule has 0 saturated heterocycles. The molecular formula is C10H16F3N3O. The third kappa shape index (κ3) is 5.69. The van der Waals surface area contributed by atoms with Crippen LogP contribution < -0.4 is 0 Å². The van der Waals surface area contributed by atoms with Crippen molar-refractivity contribution in [3.05, 3.63) is 18.0 Å². The molecule has 0 amide bonds. The first-order valence-corrected chi connectivity index (χ1v) is 5.28. The Morgan fingerprint density at radius 2 is 2.12 bits per heavy atom. The molecule has 4 nitrogen and oxygen atoms in total. The number of hydrogen-bond donors (Lipinski definition) is 1. The number of hydrogen-bond acceptors (Lipinski definition) is 3. The Hall–Kier alpha value is -1.08. The molecule has 17 heavy (non-hydrogen) atoms. The van der Waals surface area contributed by atoms with E-state index >= 15 is 0 Å². The van der Waals surface area contributed by atoms with Crippen LogP contribution in [0.2, 0.25) is 0 Å². The van der Waals surface area contributed by atoms with Gasteiger partial charge in [0.05, 0.1) is 19.3 Å². The zero-order valence-electron chi connectivity index (χ0n) is 9.61. The molecule has 0 aromatic carbocycles. The van der Waals surface area contributed by atoms with Crippen LogP contribution in [0.1, 0.15) is 5.56 Å². The normalized spacial score (nSPS) is 12.4. The van der Waals surface area contributed by atoms with Crippen molar-refractivity contribution in [3.63, 3.8) is 0 Å². The summed E-state index contributed by atoms with van der Waals surface area (Å²) in [5.41, 5.74) is 0.887. The second-order valence-corrected chi connectivity index (χ2v) is 3.89. The highest BCUT2D eigenvalue weighted by molar-refractivity contribution is 5.03. The van der Waals surface area contributed by atoms with Gasteiger partial charge >= 0.3 is 6.18 Å². The van der Waals surface area contributed by atoms with E-state index in [4.69, 9.17) is 5.11 Å². The van der Waals surface area contributed by atoms with Gasteiger partial charge in [-0.15, -0.1) is 0 Å². The molecular weight excluding hydrogens is 235 g/mol. The lowest BCUT2D eigenvalue weighted by molar-refractivity contribution is -0.146. The summed E-state index contributed by atoms with van der Waals surface area (Å²) in [5, 5.41) is 12.7. The molecule has 0 aliphatic heterocycles. The van der Waals surface area contributed by atoms with Crippen LogP contribution in [0.25, 0.3) is 0 Å². The molecule has 0 aliphatic rings. The molecule has 1 heterocycles. The van der Waals surface area contributed by atoms with E-state index < -0.39 is 12.7 Å². The molecule has 98 valence electrons. The summed E-state index contributed by atoms with van der Waals surface area (Å²) in [6.07, 6.45) is -0.344. The molecule has 0 unspecified atom stereocenters. The second-order valence-electron chi connectivity index (χ2n) is 3.89. The molecule has 1 N–H and O–H groups in total. The fraction of sp³-hybridized carbons (Fsp3) is 0.700. The lowest BCUT2D eigenvalue weighted by Gasteiger charge is -2.22. The predicted molar refractivity (Wildman–Crippen MR) is 56.5 cm³/mol. The number of aliphatic hydroxyl groups is 1. The van der Waals surface area contributed by atoms with E-state index in [0.29, 0.717) is 6.42 Å². The summed E-state index contributed by atoms with van der Waals surface area (Å²) in [5.74, 6) is 0. The van der Waals surface area contributed by atoms with Gasteiger partial charge in [0.2, 0.25) is 0 Å². The average Bonchev–Trinajstić information content (AvgIpc) is 2.59. The molecule has 7 heteroatoms. The van der Waals surface area contributed by atoms with Crippen LogP contribution in [0.4, 0.5) is 13.2 Å². The Morgan fingerprint density at radius 3 is 2.59 bits per heavy atom. The maximum absolute atomic E-state index is 12.2. The lowest BCUT2D eigenvalue weighted by Crippen LogP contribution is -2.37. The topological polar surface area (TPSA) is 41.3 Å². The van der Waals surface area contributed by atoms with Crippen molar-refractivity contribution in [3.8, 4) is 0 Å². The third-order valence-corrected chi connectivity index (χ3v) is 2.29. The molecule has 0 saturated carbocycles. The Morgan fingerprint density at radius 1 is 1.41 bits per heavy atom. The van der Waals surface area contributed by atoms with Crippen LogP contribution in [0, 0.1) is 0 Å². The van der Waals surface area contributed by atoms with Crippen molar-refractivity contribution < 1.29 is 18.3 Å². The first kappa shape index (κ1) is 14.0. The van der Waals surface area contributed by atoms with Crippen LogP contribution in [0.5, 0.6) is 0 Å². The fourth-order valence-electron chi connectivity index (χ4n) is 1.55. The summed E-state index contributed by atoms with van der Waals surface area (Å²) in [4.78, 5) is 1.19. The van der Waals surface area contributed by atoms with Crippen LogP contribution in [-0.2, 0) is 13.5 Å². The number of aromatic nitrogens is 2. The summed E-state index contributed by atoms with van der Waals surface area (Å²) < 4.78 is 38.3. The van der Waals surface area contributed by atoms with Crippen molar-refractivity contribution in [1.29, 1.82) is 0 Å². The maximum atomic E-state index is 12.2. The molecule has 1 aromatic rings. The number of alkyl halides is 3. The van der Waals surface area contributed by atoms with Crippen LogP contribution >= 0.6 is 0 Å². The minimum atomic E-state index is -4.23. The predicted octanol–water partition coefficient (Wildman–Crippen LogP) is 0.819. The molecule has 0 atom stereocenters. The monoisotopic (exact) mass is 251 g/mol. The van der Waals surface area contributed by atoms with Gasteiger partial charge in [-0.1, -0.05) is 0 Å². The van der Waals surface area contributed by atoms with Gasteiger partial charge in [0.15, 0.2) is 0 Å². The molecule has 0 spiro atoms. The highest BCUT2D eigenvalue weighted by atomic mass is 19.4. The molecule has 0 fully saturated rings. The number of nitrogens with zero attached hydrogens (tertiary/aromatic N) is 3. The van der Waals surface area contributed by atoms with Gasteiger partial charge in [-0.3, -0.25) is 9.58 Å². The van der Waals surface area contributed by atoms with Crippen molar-refractivity contribution in [1.82, 2.24) is 14.7 Å². The number of aliphatic hydroxyl groups excluding tert-OH is 1. The molecule has 1 rings (SSSR count). The van der Waals surface area contributed by atoms with E-state index in [1.165, 1.54) is 4.90 Å². The fourth-order valence-corrected chi connectivity index (χ4v) is 1.55. The van der Waals surface area contributed by atoms with E-state index in [2.05, 4.69) is 5.10 Å². The maximum Gasteiger partial charge on any atom is 0.401 e. The summed E-state index contributed by atoms with van der Waals surface area (Å²) >= 11 is 0. The van der Waals surface area contributed by atoms with E-state index in [9.17, 15) is 13.2 Å². The smallest absolute Gasteiger partial charge is 0.395 e. The first-order valence-electron chi connectivity index (χ1n) is 5.28. The van der Waals surface area contributed by atoms with E-state index in [-0.39, 0.29) is 19.7 Å². The standard InChI is InChI=1S/C10H16F3N3O/c1-15-7-9(6-14-15)2-3-16(4-5-17)8-10(11,12)13/h6-7,17H,2-5,8H2,1H3. The van der Waals surface area contributed by atoms with Crippen molar-refractivity contribution >= 4 is 0 Å². The average molecular weight is 251 g/mol. The highest BCUT2D eigenvalue weighted by Gasteiger charge is 2.30. The quantitative estimate of drug-likeness (QED) is 0.813.